The van der Waals surface area contributed by atoms with Gasteiger partial charge in [-0.3, -0.25) is 4.79 Å². The highest BCUT2D eigenvalue weighted by Crippen LogP contribution is 2.34. The molecular formula is C19H26N2O. The second-order valence-corrected chi connectivity index (χ2v) is 6.09. The fourth-order valence-corrected chi connectivity index (χ4v) is 2.57. The molecule has 118 valence electrons. The van der Waals surface area contributed by atoms with Crippen molar-refractivity contribution in [2.24, 2.45) is 11.8 Å². The van der Waals surface area contributed by atoms with Gasteiger partial charge in [-0.25, -0.2) is 0 Å². The Labute approximate surface area is 134 Å². The molecular weight excluding hydrogens is 272 g/mol. The van der Waals surface area contributed by atoms with Gasteiger partial charge in [-0.1, -0.05) is 39.0 Å². The number of nitrogens with zero attached hydrogens (tertiary/aromatic N) is 1. The Balaban J connectivity index is 2.97. The molecule has 0 heterocycles. The second-order valence-electron chi connectivity index (χ2n) is 6.09. The monoisotopic (exact) mass is 298 g/mol. The molecule has 0 saturated heterocycles. The number of ketones is 1. The number of carbonyl (C=O) groups excluding carboxylic acids is 1. The molecule has 0 amide bonds. The number of hydrogen-bond donors (Lipinski definition) is 1. The Kier molecular flexibility index (Phi) is 6.85. The minimum Gasteiger partial charge on any atom is -0.394 e. The summed E-state index contributed by atoms with van der Waals surface area (Å²) in [6.07, 6.45) is 8.62. The van der Waals surface area contributed by atoms with Crippen molar-refractivity contribution in [2.75, 3.05) is 7.05 Å². The smallest absolute Gasteiger partial charge is 0.166 e. The van der Waals surface area contributed by atoms with Crippen molar-refractivity contribution in [3.05, 3.63) is 47.2 Å². The predicted molar refractivity (Wildman–Crippen MR) is 90.9 cm³/mol. The summed E-state index contributed by atoms with van der Waals surface area (Å²) in [5.74, 6) is 0.271. The molecule has 0 fully saturated rings. The SMILES string of the molecule is C=C1CC(C(C)CC/C=C/NC)=CC(C#N)=C1C(=O)C(C)C. The van der Waals surface area contributed by atoms with Gasteiger partial charge in [0.15, 0.2) is 5.78 Å². The standard InChI is InChI=1S/C19H26N2O/c1-13(2)19(22)18-15(4)10-16(11-17(18)12-20)14(3)8-6-7-9-21-5/h7,9,11,13-14,21H,4,6,8,10H2,1-3,5H3/b9-7+. The highest BCUT2D eigenvalue weighted by Gasteiger charge is 2.25. The maximum atomic E-state index is 12.3. The van der Waals surface area contributed by atoms with Gasteiger partial charge in [-0.05, 0) is 43.0 Å². The van der Waals surface area contributed by atoms with Crippen molar-refractivity contribution in [3.63, 3.8) is 0 Å². The van der Waals surface area contributed by atoms with E-state index in [9.17, 15) is 10.1 Å². The van der Waals surface area contributed by atoms with E-state index in [-0.39, 0.29) is 11.7 Å². The highest BCUT2D eigenvalue weighted by molar-refractivity contribution is 6.03. The molecule has 0 aromatic rings. The Morgan fingerprint density at radius 2 is 2.18 bits per heavy atom. The van der Waals surface area contributed by atoms with Gasteiger partial charge in [-0.15, -0.1) is 0 Å². The third kappa shape index (κ3) is 4.46. The first kappa shape index (κ1) is 18.0. The zero-order valence-electron chi connectivity index (χ0n) is 14.1. The van der Waals surface area contributed by atoms with E-state index in [1.54, 1.807) is 0 Å². The summed E-state index contributed by atoms with van der Waals surface area (Å²) in [6.45, 7) is 9.92. The first-order valence-corrected chi connectivity index (χ1v) is 7.81. The lowest BCUT2D eigenvalue weighted by molar-refractivity contribution is -0.118. The first-order chi connectivity index (χ1) is 10.4. The molecule has 0 aromatic carbocycles. The van der Waals surface area contributed by atoms with E-state index in [2.05, 4.69) is 31.0 Å². The number of carbonyl (C=O) groups is 1. The number of Topliss-reactive ketones (excluding diaryl/α,β-unsaturated/α-hetero) is 1. The number of nitrogens with one attached hydrogen (secondary N) is 1. The van der Waals surface area contributed by atoms with Crippen LogP contribution in [0.4, 0.5) is 0 Å². The van der Waals surface area contributed by atoms with Crippen molar-refractivity contribution in [1.82, 2.24) is 5.32 Å². The first-order valence-electron chi connectivity index (χ1n) is 7.81. The third-order valence-corrected chi connectivity index (χ3v) is 3.95. The van der Waals surface area contributed by atoms with E-state index in [1.807, 2.05) is 33.2 Å². The van der Waals surface area contributed by atoms with Gasteiger partial charge in [0, 0.05) is 18.5 Å². The summed E-state index contributed by atoms with van der Waals surface area (Å²) in [6, 6.07) is 2.18. The zero-order chi connectivity index (χ0) is 16.7. The second kappa shape index (κ2) is 8.38. The lowest BCUT2D eigenvalue weighted by atomic mass is 9.79. The Morgan fingerprint density at radius 3 is 2.73 bits per heavy atom. The van der Waals surface area contributed by atoms with Gasteiger partial charge in [0.25, 0.3) is 0 Å². The molecule has 22 heavy (non-hydrogen) atoms. The fraction of sp³-hybridized carbons (Fsp3) is 0.474. The summed E-state index contributed by atoms with van der Waals surface area (Å²) in [7, 11) is 1.88. The van der Waals surface area contributed by atoms with E-state index in [4.69, 9.17) is 0 Å². The van der Waals surface area contributed by atoms with Gasteiger partial charge in [0.1, 0.15) is 0 Å². The van der Waals surface area contributed by atoms with Gasteiger partial charge in [0.2, 0.25) is 0 Å². The summed E-state index contributed by atoms with van der Waals surface area (Å²) in [4.78, 5) is 12.3. The molecule has 1 aliphatic carbocycles. The molecule has 0 aromatic heterocycles. The normalized spacial score (nSPS) is 16.7. The molecule has 1 N–H and O–H groups in total. The van der Waals surface area contributed by atoms with E-state index in [0.717, 1.165) is 18.4 Å². The van der Waals surface area contributed by atoms with E-state index in [0.29, 0.717) is 23.5 Å². The van der Waals surface area contributed by atoms with Crippen LogP contribution in [0.25, 0.3) is 0 Å². The number of allylic oxidation sites excluding steroid dienone is 6. The van der Waals surface area contributed by atoms with Crippen molar-refractivity contribution in [2.45, 2.75) is 40.0 Å². The molecule has 0 spiro atoms. The van der Waals surface area contributed by atoms with Crippen LogP contribution in [0.2, 0.25) is 0 Å². The maximum absolute atomic E-state index is 12.3. The lowest BCUT2D eigenvalue weighted by Gasteiger charge is -2.23. The molecule has 0 radical (unpaired) electrons. The number of nitriles is 1. The molecule has 0 bridgehead atoms. The summed E-state index contributed by atoms with van der Waals surface area (Å²) in [5.41, 5.74) is 2.98. The molecule has 1 atom stereocenters. The summed E-state index contributed by atoms with van der Waals surface area (Å²) >= 11 is 0. The van der Waals surface area contributed by atoms with E-state index < -0.39 is 0 Å². The third-order valence-electron chi connectivity index (χ3n) is 3.95. The molecule has 0 saturated carbocycles. The van der Waals surface area contributed by atoms with Crippen molar-refractivity contribution >= 4 is 5.78 Å². The topological polar surface area (TPSA) is 52.9 Å². The summed E-state index contributed by atoms with van der Waals surface area (Å²) < 4.78 is 0. The zero-order valence-corrected chi connectivity index (χ0v) is 14.1. The van der Waals surface area contributed by atoms with Crippen molar-refractivity contribution < 1.29 is 4.79 Å². The van der Waals surface area contributed by atoms with Crippen LogP contribution in [-0.4, -0.2) is 12.8 Å². The van der Waals surface area contributed by atoms with Crippen LogP contribution in [0.3, 0.4) is 0 Å². The molecule has 3 nitrogen and oxygen atoms in total. The maximum Gasteiger partial charge on any atom is 0.166 e. The Bertz CT molecular complexity index is 571. The largest absolute Gasteiger partial charge is 0.394 e. The number of hydrogen-bond acceptors (Lipinski definition) is 3. The quantitative estimate of drug-likeness (QED) is 0.771. The van der Waals surface area contributed by atoms with Crippen LogP contribution in [0, 0.1) is 23.2 Å². The average Bonchev–Trinajstić information content (AvgIpc) is 2.49. The molecule has 0 aliphatic heterocycles. The van der Waals surface area contributed by atoms with Crippen LogP contribution in [0.1, 0.15) is 40.0 Å². The molecule has 1 rings (SSSR count). The van der Waals surface area contributed by atoms with Gasteiger partial charge in [-0.2, -0.15) is 5.26 Å². The molecule has 1 unspecified atom stereocenters. The fourth-order valence-electron chi connectivity index (χ4n) is 2.57. The van der Waals surface area contributed by atoms with Crippen LogP contribution in [-0.2, 0) is 4.79 Å². The Hall–Kier alpha value is -2.08. The van der Waals surface area contributed by atoms with Crippen molar-refractivity contribution in [1.29, 1.82) is 5.26 Å². The van der Waals surface area contributed by atoms with Crippen LogP contribution in [0.5, 0.6) is 0 Å². The van der Waals surface area contributed by atoms with Crippen LogP contribution >= 0.6 is 0 Å². The van der Waals surface area contributed by atoms with Crippen LogP contribution < -0.4 is 5.32 Å². The molecule has 3 heteroatoms. The van der Waals surface area contributed by atoms with Gasteiger partial charge < -0.3 is 5.32 Å². The molecule has 1 aliphatic rings. The highest BCUT2D eigenvalue weighted by atomic mass is 16.1. The van der Waals surface area contributed by atoms with E-state index >= 15 is 0 Å². The predicted octanol–water partition coefficient (Wildman–Crippen LogP) is 4.07. The summed E-state index contributed by atoms with van der Waals surface area (Å²) in [5, 5.41) is 12.4. The minimum atomic E-state index is -0.117. The minimum absolute atomic E-state index is 0.0152. The van der Waals surface area contributed by atoms with Gasteiger partial charge >= 0.3 is 0 Å². The Morgan fingerprint density at radius 1 is 1.50 bits per heavy atom. The van der Waals surface area contributed by atoms with Crippen LogP contribution in [0.15, 0.2) is 47.2 Å². The van der Waals surface area contributed by atoms with E-state index in [1.165, 1.54) is 5.57 Å². The lowest BCUT2D eigenvalue weighted by Crippen LogP contribution is -2.17. The average molecular weight is 298 g/mol. The van der Waals surface area contributed by atoms with Crippen molar-refractivity contribution in [3.8, 4) is 6.07 Å². The number of rotatable bonds is 7. The van der Waals surface area contributed by atoms with Gasteiger partial charge in [0.05, 0.1) is 11.6 Å².